The molecule has 1 aliphatic heterocycles. The fraction of sp³-hybridized carbons (Fsp3) is 0.394. The molecule has 0 radical (unpaired) electrons. The van der Waals surface area contributed by atoms with Crippen LogP contribution in [0.15, 0.2) is 66.9 Å². The monoisotopic (exact) mass is 617 g/mol. The van der Waals surface area contributed by atoms with Crippen LogP contribution in [-0.4, -0.2) is 81.0 Å². The van der Waals surface area contributed by atoms with Crippen LogP contribution in [-0.2, 0) is 30.3 Å². The maximum atomic E-state index is 13.6. The molecule has 12 nitrogen and oxygen atoms in total. The highest BCUT2D eigenvalue weighted by Crippen LogP contribution is 2.23. The first-order valence-electron chi connectivity index (χ1n) is 14.8. The number of pyridine rings is 1. The van der Waals surface area contributed by atoms with E-state index in [9.17, 15) is 29.1 Å². The number of aliphatic hydroxyl groups is 1. The minimum absolute atomic E-state index is 0.0384. The summed E-state index contributed by atoms with van der Waals surface area (Å²) in [7, 11) is 0. The maximum Gasteiger partial charge on any atom is 0.329 e. The molecule has 0 saturated carbocycles. The van der Waals surface area contributed by atoms with Crippen molar-refractivity contribution in [3.8, 4) is 0 Å². The van der Waals surface area contributed by atoms with E-state index in [2.05, 4.69) is 15.6 Å². The summed E-state index contributed by atoms with van der Waals surface area (Å²) in [5, 5.41) is 17.2. The molecule has 2 heterocycles. The van der Waals surface area contributed by atoms with E-state index in [1.165, 1.54) is 17.2 Å². The Morgan fingerprint density at radius 2 is 1.71 bits per heavy atom. The van der Waals surface area contributed by atoms with Gasteiger partial charge in [0.2, 0.25) is 11.8 Å². The predicted octanol–water partition coefficient (Wildman–Crippen LogP) is 1.63. The number of para-hydroxylation sites is 1. The summed E-state index contributed by atoms with van der Waals surface area (Å²) in [4.78, 5) is 71.0. The van der Waals surface area contributed by atoms with Crippen LogP contribution in [0.4, 0.5) is 0 Å². The molecule has 0 spiro atoms. The van der Waals surface area contributed by atoms with Gasteiger partial charge in [0.05, 0.1) is 23.5 Å². The van der Waals surface area contributed by atoms with Gasteiger partial charge in [0.1, 0.15) is 17.7 Å². The van der Waals surface area contributed by atoms with Crippen molar-refractivity contribution in [2.75, 3.05) is 6.54 Å². The Morgan fingerprint density at radius 1 is 1.02 bits per heavy atom. The molecule has 1 aromatic heterocycles. The van der Waals surface area contributed by atoms with E-state index >= 15 is 0 Å². The molecule has 12 heteroatoms. The van der Waals surface area contributed by atoms with Crippen LogP contribution in [0, 0.1) is 0 Å². The number of esters is 1. The van der Waals surface area contributed by atoms with Crippen molar-refractivity contribution in [2.45, 2.75) is 76.3 Å². The Bertz CT molecular complexity index is 1550. The lowest BCUT2D eigenvalue weighted by Gasteiger charge is -2.32. The number of hydrogen-bond donors (Lipinski definition) is 4. The first kappa shape index (κ1) is 33.1. The highest BCUT2D eigenvalue weighted by Gasteiger charge is 2.41. The lowest BCUT2D eigenvalue weighted by atomic mass is 9.99. The summed E-state index contributed by atoms with van der Waals surface area (Å²) < 4.78 is 5.50. The van der Waals surface area contributed by atoms with Crippen molar-refractivity contribution in [3.63, 3.8) is 0 Å². The first-order valence-corrected chi connectivity index (χ1v) is 14.8. The number of nitrogens with one attached hydrogen (secondary N) is 2. The van der Waals surface area contributed by atoms with E-state index in [1.54, 1.807) is 75.4 Å². The Morgan fingerprint density at radius 3 is 2.40 bits per heavy atom. The van der Waals surface area contributed by atoms with Gasteiger partial charge in [0.25, 0.3) is 11.8 Å². The average molecular weight is 618 g/mol. The van der Waals surface area contributed by atoms with Gasteiger partial charge in [0.15, 0.2) is 6.10 Å². The van der Waals surface area contributed by atoms with Gasteiger partial charge in [-0.1, -0.05) is 48.5 Å². The summed E-state index contributed by atoms with van der Waals surface area (Å²) in [5.74, 6) is -3.62. The van der Waals surface area contributed by atoms with E-state index < -0.39 is 65.8 Å². The summed E-state index contributed by atoms with van der Waals surface area (Å²) in [6, 6.07) is 13.9. The molecule has 4 rings (SSSR count). The zero-order valence-corrected chi connectivity index (χ0v) is 25.6. The molecular formula is C33H39N5O7. The number of amides is 4. The van der Waals surface area contributed by atoms with Crippen molar-refractivity contribution in [1.29, 1.82) is 0 Å². The van der Waals surface area contributed by atoms with Crippen LogP contribution in [0.2, 0.25) is 0 Å². The van der Waals surface area contributed by atoms with Gasteiger partial charge in [-0.2, -0.15) is 0 Å². The van der Waals surface area contributed by atoms with Crippen molar-refractivity contribution in [2.24, 2.45) is 5.73 Å². The van der Waals surface area contributed by atoms with E-state index in [4.69, 9.17) is 10.5 Å². The maximum absolute atomic E-state index is 13.6. The number of fused-ring (bicyclic) bond motifs is 1. The SMILES string of the molecule is CC(C)(C)OC(=O)[C@@H]1CCCN1C(=O)[C@@H](O)[C@H](Cc1ccccc1)NC(=O)[C@H](CC(N)=O)NC(=O)c1ccnc2ccccc12. The predicted molar refractivity (Wildman–Crippen MR) is 165 cm³/mol. The molecule has 4 amide bonds. The number of ether oxygens (including phenoxy) is 1. The van der Waals surface area contributed by atoms with Gasteiger partial charge in [0, 0.05) is 18.1 Å². The minimum atomic E-state index is -1.76. The van der Waals surface area contributed by atoms with Crippen LogP contribution in [0.3, 0.4) is 0 Å². The third-order valence-electron chi connectivity index (χ3n) is 7.40. The summed E-state index contributed by atoms with van der Waals surface area (Å²) in [6.45, 7) is 5.41. The van der Waals surface area contributed by atoms with Gasteiger partial charge in [-0.25, -0.2) is 4.79 Å². The molecule has 238 valence electrons. The molecule has 5 N–H and O–H groups in total. The van der Waals surface area contributed by atoms with Crippen molar-refractivity contribution in [3.05, 3.63) is 78.0 Å². The lowest BCUT2D eigenvalue weighted by Crippen LogP contribution is -2.58. The molecule has 0 bridgehead atoms. The molecule has 4 atom stereocenters. The molecule has 0 aliphatic carbocycles. The average Bonchev–Trinajstić information content (AvgIpc) is 3.49. The highest BCUT2D eigenvalue weighted by atomic mass is 16.6. The second-order valence-corrected chi connectivity index (χ2v) is 12.0. The summed E-state index contributed by atoms with van der Waals surface area (Å²) in [5.41, 5.74) is 6.18. The smallest absolute Gasteiger partial charge is 0.329 e. The Balaban J connectivity index is 1.57. The number of benzene rings is 2. The van der Waals surface area contributed by atoms with Crippen LogP contribution in [0.1, 0.15) is 56.0 Å². The fourth-order valence-electron chi connectivity index (χ4n) is 5.32. The van der Waals surface area contributed by atoms with E-state index in [0.717, 1.165) is 0 Å². The van der Waals surface area contributed by atoms with Crippen LogP contribution in [0.25, 0.3) is 10.9 Å². The topological polar surface area (TPSA) is 181 Å². The number of rotatable bonds is 11. The van der Waals surface area contributed by atoms with E-state index in [-0.39, 0.29) is 18.5 Å². The number of primary amides is 1. The standard InChI is InChI=1S/C33H39N5O7/c1-33(2,3)45-32(44)26-14-9-17-38(26)31(43)28(40)24(18-20-10-5-4-6-11-20)36-30(42)25(19-27(34)39)37-29(41)22-15-16-35-23-13-8-7-12-21(22)23/h4-8,10-13,15-16,24-26,28,40H,9,14,17-19H2,1-3H3,(H2,34,39)(H,36,42)(H,37,41)/t24-,25-,26-,28-/m0/s1. The Labute approximate surface area is 261 Å². The van der Waals surface area contributed by atoms with Crippen LogP contribution in [0.5, 0.6) is 0 Å². The summed E-state index contributed by atoms with van der Waals surface area (Å²) >= 11 is 0. The largest absolute Gasteiger partial charge is 0.458 e. The minimum Gasteiger partial charge on any atom is -0.458 e. The number of likely N-dealkylation sites (tertiary alicyclic amines) is 1. The van der Waals surface area contributed by atoms with Gasteiger partial charge in [-0.3, -0.25) is 24.2 Å². The van der Waals surface area contributed by atoms with Gasteiger partial charge < -0.3 is 31.1 Å². The second-order valence-electron chi connectivity index (χ2n) is 12.0. The van der Waals surface area contributed by atoms with Gasteiger partial charge in [-0.15, -0.1) is 0 Å². The normalized spacial score (nSPS) is 16.8. The zero-order valence-electron chi connectivity index (χ0n) is 25.6. The van der Waals surface area contributed by atoms with E-state index in [0.29, 0.717) is 29.3 Å². The van der Waals surface area contributed by atoms with Crippen molar-refractivity contribution >= 4 is 40.5 Å². The molecule has 0 unspecified atom stereocenters. The van der Waals surface area contributed by atoms with E-state index in [1.807, 2.05) is 0 Å². The lowest BCUT2D eigenvalue weighted by molar-refractivity contribution is -0.165. The quantitative estimate of drug-likeness (QED) is 0.234. The molecule has 45 heavy (non-hydrogen) atoms. The summed E-state index contributed by atoms with van der Waals surface area (Å²) in [6.07, 6.45) is 0.118. The number of aliphatic hydroxyl groups excluding tert-OH is 1. The van der Waals surface area contributed by atoms with Crippen LogP contribution < -0.4 is 16.4 Å². The zero-order chi connectivity index (χ0) is 32.7. The number of aromatic nitrogens is 1. The number of hydrogen-bond acceptors (Lipinski definition) is 8. The number of nitrogens with zero attached hydrogens (tertiary/aromatic N) is 2. The molecule has 2 aromatic carbocycles. The third-order valence-corrected chi connectivity index (χ3v) is 7.40. The molecule has 1 saturated heterocycles. The highest BCUT2D eigenvalue weighted by molar-refractivity contribution is 6.07. The fourth-order valence-corrected chi connectivity index (χ4v) is 5.32. The number of carbonyl (C=O) groups is 5. The first-order chi connectivity index (χ1) is 21.3. The van der Waals surface area contributed by atoms with Gasteiger partial charge in [-0.05, 0) is 57.7 Å². The Hall–Kier alpha value is -4.84. The molecular weight excluding hydrogens is 578 g/mol. The molecule has 1 fully saturated rings. The molecule has 1 aliphatic rings. The van der Waals surface area contributed by atoms with Crippen molar-refractivity contribution < 1.29 is 33.8 Å². The number of nitrogens with two attached hydrogens (primary N) is 1. The Kier molecular flexibility index (Phi) is 10.5. The number of carbonyl (C=O) groups excluding carboxylic acids is 5. The molecule has 3 aromatic rings. The third kappa shape index (κ3) is 8.63. The second kappa shape index (κ2) is 14.3. The van der Waals surface area contributed by atoms with Crippen molar-refractivity contribution in [1.82, 2.24) is 20.5 Å². The van der Waals surface area contributed by atoms with Crippen LogP contribution >= 0.6 is 0 Å². The van der Waals surface area contributed by atoms with Gasteiger partial charge >= 0.3 is 5.97 Å².